The van der Waals surface area contributed by atoms with Crippen LogP contribution in [0.4, 0.5) is 16.2 Å². The van der Waals surface area contributed by atoms with Crippen molar-refractivity contribution in [2.75, 3.05) is 16.8 Å². The Kier molecular flexibility index (Phi) is 4.41. The van der Waals surface area contributed by atoms with Crippen molar-refractivity contribution < 1.29 is 9.59 Å². The summed E-state index contributed by atoms with van der Waals surface area (Å²) in [5.41, 5.74) is 1.23. The lowest BCUT2D eigenvalue weighted by atomic mass is 10.2. The van der Waals surface area contributed by atoms with Gasteiger partial charge in [-0.3, -0.25) is 9.69 Å². The maximum absolute atomic E-state index is 12.3. The number of urea groups is 1. The molecule has 118 valence electrons. The highest BCUT2D eigenvalue weighted by atomic mass is 35.5. The zero-order chi connectivity index (χ0) is 16.4. The molecular weight excluding hydrogens is 337 g/mol. The van der Waals surface area contributed by atoms with Crippen LogP contribution in [0.25, 0.3) is 0 Å². The van der Waals surface area contributed by atoms with Crippen LogP contribution in [0.3, 0.4) is 0 Å². The van der Waals surface area contributed by atoms with E-state index in [1.165, 1.54) is 4.90 Å². The third kappa shape index (κ3) is 3.57. The summed E-state index contributed by atoms with van der Waals surface area (Å²) in [7, 11) is 0. The molecule has 1 unspecified atom stereocenters. The second-order valence-corrected chi connectivity index (χ2v) is 5.97. The Morgan fingerprint density at radius 1 is 1.13 bits per heavy atom. The number of nitrogens with zero attached hydrogens (tertiary/aromatic N) is 1. The fourth-order valence-corrected chi connectivity index (χ4v) is 2.72. The zero-order valence-electron chi connectivity index (χ0n) is 11.9. The fourth-order valence-electron chi connectivity index (χ4n) is 2.35. The number of carbonyl (C=O) groups is 2. The summed E-state index contributed by atoms with van der Waals surface area (Å²) >= 11 is 11.8. The Balaban J connectivity index is 1.70. The summed E-state index contributed by atoms with van der Waals surface area (Å²) in [5, 5.41) is 6.45. The summed E-state index contributed by atoms with van der Waals surface area (Å²) in [6, 6.07) is 12.8. The second-order valence-electron chi connectivity index (χ2n) is 5.09. The second kappa shape index (κ2) is 6.48. The van der Waals surface area contributed by atoms with Gasteiger partial charge in [0.15, 0.2) is 0 Å². The van der Waals surface area contributed by atoms with Gasteiger partial charge in [-0.05, 0) is 36.4 Å². The Hall–Kier alpha value is -2.24. The highest BCUT2D eigenvalue weighted by Gasteiger charge is 2.34. The lowest BCUT2D eigenvalue weighted by Gasteiger charge is -2.15. The van der Waals surface area contributed by atoms with E-state index in [0.717, 1.165) is 0 Å². The Bertz CT molecular complexity index is 766. The van der Waals surface area contributed by atoms with Crippen molar-refractivity contribution in [3.05, 3.63) is 58.6 Å². The third-order valence-electron chi connectivity index (χ3n) is 3.44. The molecule has 2 aromatic rings. The monoisotopic (exact) mass is 349 g/mol. The van der Waals surface area contributed by atoms with Crippen LogP contribution in [0, 0.1) is 0 Å². The number of nitrogens with one attached hydrogen (secondary N) is 2. The smallest absolute Gasteiger partial charge is 0.322 e. The first-order chi connectivity index (χ1) is 11.0. The van der Waals surface area contributed by atoms with E-state index >= 15 is 0 Å². The molecule has 0 spiro atoms. The molecule has 1 atom stereocenters. The maximum Gasteiger partial charge on any atom is 0.322 e. The molecule has 0 saturated carbocycles. The van der Waals surface area contributed by atoms with Crippen molar-refractivity contribution >= 4 is 46.5 Å². The van der Waals surface area contributed by atoms with Gasteiger partial charge in [-0.25, -0.2) is 4.79 Å². The van der Waals surface area contributed by atoms with Crippen LogP contribution in [0.15, 0.2) is 48.5 Å². The van der Waals surface area contributed by atoms with Crippen molar-refractivity contribution in [3.8, 4) is 0 Å². The van der Waals surface area contributed by atoms with Gasteiger partial charge in [0.05, 0.1) is 6.54 Å². The summed E-state index contributed by atoms with van der Waals surface area (Å²) in [4.78, 5) is 25.9. The normalized spacial score (nSPS) is 17.0. The first kappa shape index (κ1) is 15.6. The van der Waals surface area contributed by atoms with Gasteiger partial charge in [-0.2, -0.15) is 0 Å². The van der Waals surface area contributed by atoms with E-state index in [4.69, 9.17) is 23.2 Å². The largest absolute Gasteiger partial charge is 0.324 e. The van der Waals surface area contributed by atoms with Crippen LogP contribution in [0.1, 0.15) is 0 Å². The summed E-state index contributed by atoms with van der Waals surface area (Å²) in [6.07, 6.45) is 0. The molecule has 2 aromatic carbocycles. The Morgan fingerprint density at radius 2 is 1.83 bits per heavy atom. The minimum absolute atomic E-state index is 0.228. The molecular formula is C16H13Cl2N3O2. The highest BCUT2D eigenvalue weighted by molar-refractivity contribution is 6.31. The molecule has 0 bridgehead atoms. The number of carbonyl (C=O) groups excluding carboxylic acids is 2. The van der Waals surface area contributed by atoms with Crippen LogP contribution in [-0.2, 0) is 4.79 Å². The van der Waals surface area contributed by atoms with E-state index in [1.807, 2.05) is 0 Å². The summed E-state index contributed by atoms with van der Waals surface area (Å²) in [6.45, 7) is 0.228. The van der Waals surface area contributed by atoms with Gasteiger partial charge in [0.25, 0.3) is 0 Å². The zero-order valence-corrected chi connectivity index (χ0v) is 13.4. The molecule has 3 amide bonds. The highest BCUT2D eigenvalue weighted by Crippen LogP contribution is 2.23. The number of rotatable bonds is 3. The molecule has 0 aromatic heterocycles. The number of halogens is 2. The SMILES string of the molecule is O=C(Nc1cccc(Cl)c1)C1CN(c2cccc(Cl)c2)C(=O)N1. The van der Waals surface area contributed by atoms with E-state index in [9.17, 15) is 9.59 Å². The van der Waals surface area contributed by atoms with E-state index < -0.39 is 6.04 Å². The maximum atomic E-state index is 12.3. The van der Waals surface area contributed by atoms with Gasteiger partial charge in [0.1, 0.15) is 6.04 Å². The Labute approximate surface area is 143 Å². The van der Waals surface area contributed by atoms with Gasteiger partial charge in [-0.1, -0.05) is 35.3 Å². The molecule has 0 radical (unpaired) electrons. The quantitative estimate of drug-likeness (QED) is 0.890. The van der Waals surface area contributed by atoms with Gasteiger partial charge >= 0.3 is 6.03 Å². The minimum Gasteiger partial charge on any atom is -0.324 e. The lowest BCUT2D eigenvalue weighted by Crippen LogP contribution is -2.38. The lowest BCUT2D eigenvalue weighted by molar-refractivity contribution is -0.117. The van der Waals surface area contributed by atoms with Gasteiger partial charge in [0, 0.05) is 21.4 Å². The molecule has 3 rings (SSSR count). The molecule has 1 aliphatic heterocycles. The van der Waals surface area contributed by atoms with E-state index in [2.05, 4.69) is 10.6 Å². The van der Waals surface area contributed by atoms with Crippen LogP contribution in [0.5, 0.6) is 0 Å². The predicted octanol–water partition coefficient (Wildman–Crippen LogP) is 3.53. The summed E-state index contributed by atoms with van der Waals surface area (Å²) in [5.74, 6) is -0.301. The topological polar surface area (TPSA) is 61.4 Å². The van der Waals surface area contributed by atoms with Gasteiger partial charge in [0.2, 0.25) is 5.91 Å². The first-order valence-electron chi connectivity index (χ1n) is 6.93. The third-order valence-corrected chi connectivity index (χ3v) is 3.91. The number of benzene rings is 2. The molecule has 23 heavy (non-hydrogen) atoms. The molecule has 1 aliphatic rings. The van der Waals surface area contributed by atoms with Crippen molar-refractivity contribution in [1.29, 1.82) is 0 Å². The number of hydrogen-bond donors (Lipinski definition) is 2. The van der Waals surface area contributed by atoms with E-state index in [0.29, 0.717) is 21.4 Å². The molecule has 7 heteroatoms. The fraction of sp³-hybridized carbons (Fsp3) is 0.125. The molecule has 1 heterocycles. The number of amides is 3. The van der Waals surface area contributed by atoms with Gasteiger partial charge < -0.3 is 10.6 Å². The predicted molar refractivity (Wildman–Crippen MR) is 91.2 cm³/mol. The number of anilines is 2. The van der Waals surface area contributed by atoms with Crippen LogP contribution < -0.4 is 15.5 Å². The van der Waals surface area contributed by atoms with E-state index in [1.54, 1.807) is 48.5 Å². The average molecular weight is 350 g/mol. The van der Waals surface area contributed by atoms with Crippen molar-refractivity contribution in [2.45, 2.75) is 6.04 Å². The van der Waals surface area contributed by atoms with Crippen molar-refractivity contribution in [2.24, 2.45) is 0 Å². The standard InChI is InChI=1S/C16H13Cl2N3O2/c17-10-3-1-5-12(7-10)19-15(22)14-9-21(16(23)20-14)13-6-2-4-11(18)8-13/h1-8,14H,9H2,(H,19,22)(H,20,23). The summed E-state index contributed by atoms with van der Waals surface area (Å²) < 4.78 is 0. The minimum atomic E-state index is -0.652. The molecule has 5 nitrogen and oxygen atoms in total. The van der Waals surface area contributed by atoms with E-state index in [-0.39, 0.29) is 18.5 Å². The van der Waals surface area contributed by atoms with Crippen LogP contribution in [0.2, 0.25) is 10.0 Å². The first-order valence-corrected chi connectivity index (χ1v) is 7.68. The molecule has 1 saturated heterocycles. The molecule has 0 aliphatic carbocycles. The molecule has 1 fully saturated rings. The van der Waals surface area contributed by atoms with Gasteiger partial charge in [-0.15, -0.1) is 0 Å². The van der Waals surface area contributed by atoms with Crippen LogP contribution >= 0.6 is 23.2 Å². The van der Waals surface area contributed by atoms with Crippen molar-refractivity contribution in [1.82, 2.24) is 5.32 Å². The van der Waals surface area contributed by atoms with Crippen LogP contribution in [-0.4, -0.2) is 24.5 Å². The number of hydrogen-bond acceptors (Lipinski definition) is 2. The van der Waals surface area contributed by atoms with Crippen molar-refractivity contribution in [3.63, 3.8) is 0 Å². The molecule has 2 N–H and O–H groups in total. The average Bonchev–Trinajstić information content (AvgIpc) is 2.89. The Morgan fingerprint density at radius 3 is 2.52 bits per heavy atom.